The normalized spacial score (nSPS) is 17.6. The Hall–Kier alpha value is -1.10. The van der Waals surface area contributed by atoms with E-state index in [0.29, 0.717) is 0 Å². The lowest BCUT2D eigenvalue weighted by Crippen LogP contribution is -2.47. The van der Waals surface area contributed by atoms with E-state index in [2.05, 4.69) is 5.32 Å². The van der Waals surface area contributed by atoms with Crippen LogP contribution in [0.5, 0.6) is 0 Å². The van der Waals surface area contributed by atoms with E-state index in [1.807, 2.05) is 13.8 Å². The highest BCUT2D eigenvalue weighted by atomic mass is 16.2. The molecule has 1 aliphatic heterocycles. The molecule has 0 aliphatic carbocycles. The molecule has 3 N–H and O–H groups in total. The maximum Gasteiger partial charge on any atom is 0.241 e. The van der Waals surface area contributed by atoms with Crippen LogP contribution in [-0.4, -0.2) is 42.4 Å². The summed E-state index contributed by atoms with van der Waals surface area (Å²) in [4.78, 5) is 24.9. The van der Waals surface area contributed by atoms with Crippen molar-refractivity contribution in [2.45, 2.75) is 32.7 Å². The van der Waals surface area contributed by atoms with Crippen LogP contribution < -0.4 is 11.1 Å². The topological polar surface area (TPSA) is 75.4 Å². The molecule has 0 bridgehead atoms. The van der Waals surface area contributed by atoms with Gasteiger partial charge in [0.25, 0.3) is 0 Å². The highest BCUT2D eigenvalue weighted by Gasteiger charge is 2.21. The number of hydrogen-bond donors (Lipinski definition) is 2. The molecule has 0 radical (unpaired) electrons. The Kier molecular flexibility index (Phi) is 4.73. The summed E-state index contributed by atoms with van der Waals surface area (Å²) in [7, 11) is 0. The van der Waals surface area contributed by atoms with E-state index in [1.54, 1.807) is 4.90 Å². The second kappa shape index (κ2) is 5.84. The van der Waals surface area contributed by atoms with Gasteiger partial charge in [0.15, 0.2) is 0 Å². The highest BCUT2D eigenvalue weighted by Crippen LogP contribution is 2.06. The minimum atomic E-state index is -0.536. The minimum Gasteiger partial charge on any atom is -0.346 e. The average Bonchev–Trinajstić information content (AvgIpc) is 2.77. The first-order chi connectivity index (χ1) is 7.52. The zero-order valence-corrected chi connectivity index (χ0v) is 10.0. The quantitative estimate of drug-likeness (QED) is 0.693. The Morgan fingerprint density at radius 1 is 1.31 bits per heavy atom. The SMILES string of the molecule is CC(C)[C@H](N)C(=O)NCC(=O)N1CCCC1. The summed E-state index contributed by atoms with van der Waals surface area (Å²) in [5.41, 5.74) is 5.66. The van der Waals surface area contributed by atoms with Gasteiger partial charge >= 0.3 is 0 Å². The van der Waals surface area contributed by atoms with Gasteiger partial charge in [0.2, 0.25) is 11.8 Å². The van der Waals surface area contributed by atoms with Crippen molar-refractivity contribution in [2.24, 2.45) is 11.7 Å². The molecule has 1 heterocycles. The lowest BCUT2D eigenvalue weighted by molar-refractivity contribution is -0.132. The largest absolute Gasteiger partial charge is 0.346 e. The molecule has 0 aromatic carbocycles. The molecule has 1 atom stereocenters. The molecular formula is C11H21N3O2. The van der Waals surface area contributed by atoms with Gasteiger partial charge in [-0.25, -0.2) is 0 Å². The van der Waals surface area contributed by atoms with Gasteiger partial charge < -0.3 is 16.0 Å². The van der Waals surface area contributed by atoms with Crippen molar-refractivity contribution in [1.29, 1.82) is 0 Å². The van der Waals surface area contributed by atoms with Crippen molar-refractivity contribution in [2.75, 3.05) is 19.6 Å². The predicted octanol–water partition coefficient (Wildman–Crippen LogP) is -0.292. The molecule has 5 nitrogen and oxygen atoms in total. The van der Waals surface area contributed by atoms with E-state index in [4.69, 9.17) is 5.73 Å². The van der Waals surface area contributed by atoms with Gasteiger partial charge in [0.1, 0.15) is 0 Å². The number of nitrogens with one attached hydrogen (secondary N) is 1. The van der Waals surface area contributed by atoms with Crippen LogP contribution in [0.2, 0.25) is 0 Å². The molecule has 5 heteroatoms. The summed E-state index contributed by atoms with van der Waals surface area (Å²) in [5.74, 6) is -0.175. The number of rotatable bonds is 4. The third kappa shape index (κ3) is 3.48. The van der Waals surface area contributed by atoms with E-state index in [0.717, 1.165) is 25.9 Å². The number of amides is 2. The molecule has 0 unspecified atom stereocenters. The molecule has 92 valence electrons. The van der Waals surface area contributed by atoms with Gasteiger partial charge in [-0.1, -0.05) is 13.8 Å². The first-order valence-electron chi connectivity index (χ1n) is 5.83. The van der Waals surface area contributed by atoms with Crippen LogP contribution in [0.3, 0.4) is 0 Å². The number of carbonyl (C=O) groups excluding carboxylic acids is 2. The Labute approximate surface area is 96.4 Å². The standard InChI is InChI=1S/C11H21N3O2/c1-8(2)10(12)11(16)13-7-9(15)14-5-3-4-6-14/h8,10H,3-7,12H2,1-2H3,(H,13,16)/t10-/m0/s1. The summed E-state index contributed by atoms with van der Waals surface area (Å²) >= 11 is 0. The van der Waals surface area contributed by atoms with Crippen LogP contribution in [0.25, 0.3) is 0 Å². The summed E-state index contributed by atoms with van der Waals surface area (Å²) < 4.78 is 0. The van der Waals surface area contributed by atoms with Crippen LogP contribution in [0.15, 0.2) is 0 Å². The van der Waals surface area contributed by atoms with Gasteiger partial charge in [0, 0.05) is 13.1 Å². The maximum absolute atomic E-state index is 11.6. The highest BCUT2D eigenvalue weighted by molar-refractivity contribution is 5.87. The van der Waals surface area contributed by atoms with E-state index >= 15 is 0 Å². The van der Waals surface area contributed by atoms with Crippen LogP contribution in [0, 0.1) is 5.92 Å². The van der Waals surface area contributed by atoms with Crippen molar-refractivity contribution in [1.82, 2.24) is 10.2 Å². The lowest BCUT2D eigenvalue weighted by atomic mass is 10.1. The van der Waals surface area contributed by atoms with Gasteiger partial charge in [-0.15, -0.1) is 0 Å². The Morgan fingerprint density at radius 3 is 2.38 bits per heavy atom. The predicted molar refractivity (Wildman–Crippen MR) is 61.6 cm³/mol. The molecule has 1 saturated heterocycles. The van der Waals surface area contributed by atoms with Crippen LogP contribution in [0.4, 0.5) is 0 Å². The second-order valence-corrected chi connectivity index (χ2v) is 4.58. The van der Waals surface area contributed by atoms with Crippen LogP contribution in [0.1, 0.15) is 26.7 Å². The summed E-state index contributed by atoms with van der Waals surface area (Å²) in [6.45, 7) is 5.45. The molecule has 0 saturated carbocycles. The summed E-state index contributed by atoms with van der Waals surface area (Å²) in [6.07, 6.45) is 2.12. The van der Waals surface area contributed by atoms with Crippen LogP contribution >= 0.6 is 0 Å². The molecule has 1 rings (SSSR count). The van der Waals surface area contributed by atoms with Crippen molar-refractivity contribution in [3.8, 4) is 0 Å². The molecular weight excluding hydrogens is 206 g/mol. The average molecular weight is 227 g/mol. The van der Waals surface area contributed by atoms with E-state index in [-0.39, 0.29) is 24.3 Å². The lowest BCUT2D eigenvalue weighted by Gasteiger charge is -2.18. The van der Waals surface area contributed by atoms with Crippen molar-refractivity contribution in [3.63, 3.8) is 0 Å². The monoisotopic (exact) mass is 227 g/mol. The fourth-order valence-corrected chi connectivity index (χ4v) is 1.66. The zero-order valence-electron chi connectivity index (χ0n) is 10.0. The van der Waals surface area contributed by atoms with Gasteiger partial charge in [0.05, 0.1) is 12.6 Å². The molecule has 0 spiro atoms. The molecule has 1 aliphatic rings. The Balaban J connectivity index is 2.28. The van der Waals surface area contributed by atoms with Gasteiger partial charge in [-0.3, -0.25) is 9.59 Å². The third-order valence-electron chi connectivity index (χ3n) is 2.89. The first kappa shape index (κ1) is 13.0. The van der Waals surface area contributed by atoms with E-state index in [9.17, 15) is 9.59 Å². The number of nitrogens with zero attached hydrogens (tertiary/aromatic N) is 1. The van der Waals surface area contributed by atoms with Crippen LogP contribution in [-0.2, 0) is 9.59 Å². The van der Waals surface area contributed by atoms with Gasteiger partial charge in [-0.05, 0) is 18.8 Å². The maximum atomic E-state index is 11.6. The first-order valence-corrected chi connectivity index (χ1v) is 5.83. The molecule has 1 fully saturated rings. The van der Waals surface area contributed by atoms with E-state index < -0.39 is 6.04 Å². The number of carbonyl (C=O) groups is 2. The second-order valence-electron chi connectivity index (χ2n) is 4.58. The molecule has 0 aromatic rings. The molecule has 16 heavy (non-hydrogen) atoms. The summed E-state index contributed by atoms with van der Waals surface area (Å²) in [6, 6.07) is -0.536. The fraction of sp³-hybridized carbons (Fsp3) is 0.818. The number of hydrogen-bond acceptors (Lipinski definition) is 3. The summed E-state index contributed by atoms with van der Waals surface area (Å²) in [5, 5.41) is 2.59. The number of nitrogens with two attached hydrogens (primary N) is 1. The van der Waals surface area contributed by atoms with Crippen molar-refractivity contribution < 1.29 is 9.59 Å². The third-order valence-corrected chi connectivity index (χ3v) is 2.89. The Bertz CT molecular complexity index is 246. The van der Waals surface area contributed by atoms with E-state index in [1.165, 1.54) is 0 Å². The van der Waals surface area contributed by atoms with Gasteiger partial charge in [-0.2, -0.15) is 0 Å². The smallest absolute Gasteiger partial charge is 0.241 e. The zero-order chi connectivity index (χ0) is 12.1. The Morgan fingerprint density at radius 2 is 1.88 bits per heavy atom. The fourth-order valence-electron chi connectivity index (χ4n) is 1.66. The van der Waals surface area contributed by atoms with Crippen molar-refractivity contribution in [3.05, 3.63) is 0 Å². The van der Waals surface area contributed by atoms with Crippen molar-refractivity contribution >= 4 is 11.8 Å². The molecule has 2 amide bonds. The molecule has 0 aromatic heterocycles. The number of likely N-dealkylation sites (tertiary alicyclic amines) is 1. The minimum absolute atomic E-state index is 0.0122.